The Morgan fingerprint density at radius 3 is 1.88 bits per heavy atom. The molecule has 1 aromatic carbocycles. The van der Waals surface area contributed by atoms with Crippen LogP contribution in [0.5, 0.6) is 0 Å². The van der Waals surface area contributed by atoms with Gasteiger partial charge in [-0.05, 0) is 44.4 Å². The van der Waals surface area contributed by atoms with Gasteiger partial charge in [0.05, 0.1) is 49.7 Å². The molecule has 1 aliphatic rings. The first kappa shape index (κ1) is 33.6. The van der Waals surface area contributed by atoms with E-state index in [1.54, 1.807) is 26.0 Å². The SMILES string of the molecule is CCOC(=O)CN1CCN(C(CCc2ccc([N+](=O)[O-])cc2)C(=O)OC)CCN(CC(=O)OCC)Cc2cccc(n2)C1. The van der Waals surface area contributed by atoms with Crippen LogP contribution in [-0.2, 0) is 48.1 Å². The zero-order chi connectivity index (χ0) is 31.2. The lowest BCUT2D eigenvalue weighted by atomic mass is 10.0. The van der Waals surface area contributed by atoms with E-state index in [0.717, 1.165) is 17.0 Å². The fourth-order valence-electron chi connectivity index (χ4n) is 5.01. The van der Waals surface area contributed by atoms with E-state index >= 15 is 0 Å². The number of hydrogen-bond acceptors (Lipinski definition) is 12. The van der Waals surface area contributed by atoms with E-state index in [9.17, 15) is 24.5 Å². The van der Waals surface area contributed by atoms with Gasteiger partial charge in [-0.1, -0.05) is 18.2 Å². The number of esters is 3. The van der Waals surface area contributed by atoms with Crippen molar-refractivity contribution in [1.29, 1.82) is 0 Å². The monoisotopic (exact) mass is 599 g/mol. The van der Waals surface area contributed by atoms with Gasteiger partial charge in [-0.25, -0.2) is 0 Å². The van der Waals surface area contributed by atoms with E-state index in [1.165, 1.54) is 19.2 Å². The number of hydrogen-bond donors (Lipinski definition) is 0. The molecule has 0 N–H and O–H groups in total. The van der Waals surface area contributed by atoms with Crippen LogP contribution in [0.15, 0.2) is 42.5 Å². The summed E-state index contributed by atoms with van der Waals surface area (Å²) in [6, 6.07) is 11.3. The van der Waals surface area contributed by atoms with Gasteiger partial charge >= 0.3 is 17.9 Å². The van der Waals surface area contributed by atoms with Crippen LogP contribution in [0, 0.1) is 10.1 Å². The van der Waals surface area contributed by atoms with Crippen LogP contribution in [0.4, 0.5) is 5.69 Å². The summed E-state index contributed by atoms with van der Waals surface area (Å²) in [5, 5.41) is 11.1. The number of carbonyl (C=O) groups is 3. The highest BCUT2D eigenvalue weighted by Gasteiger charge is 2.29. The van der Waals surface area contributed by atoms with Gasteiger partial charge in [-0.15, -0.1) is 0 Å². The third kappa shape index (κ3) is 11.0. The van der Waals surface area contributed by atoms with E-state index in [0.29, 0.717) is 52.1 Å². The number of nitro groups is 1. The Morgan fingerprint density at radius 1 is 0.884 bits per heavy atom. The summed E-state index contributed by atoms with van der Waals surface area (Å²) < 4.78 is 15.6. The van der Waals surface area contributed by atoms with E-state index in [2.05, 4.69) is 0 Å². The molecular formula is C30H41N5O8. The summed E-state index contributed by atoms with van der Waals surface area (Å²) in [7, 11) is 1.34. The van der Waals surface area contributed by atoms with Crippen LogP contribution in [-0.4, -0.2) is 108 Å². The van der Waals surface area contributed by atoms with Gasteiger partial charge in [-0.2, -0.15) is 0 Å². The highest BCUT2D eigenvalue weighted by atomic mass is 16.6. The minimum absolute atomic E-state index is 0.000882. The van der Waals surface area contributed by atoms with E-state index in [4.69, 9.17) is 19.2 Å². The molecule has 0 saturated heterocycles. The number of pyridine rings is 1. The Kier molecular flexibility index (Phi) is 13.5. The van der Waals surface area contributed by atoms with Crippen molar-refractivity contribution >= 4 is 23.6 Å². The summed E-state index contributed by atoms with van der Waals surface area (Å²) in [6.45, 7) is 6.70. The van der Waals surface area contributed by atoms with Crippen molar-refractivity contribution in [3.8, 4) is 0 Å². The lowest BCUT2D eigenvalue weighted by molar-refractivity contribution is -0.384. The number of benzene rings is 1. The molecule has 1 unspecified atom stereocenters. The van der Waals surface area contributed by atoms with Crippen molar-refractivity contribution < 1.29 is 33.5 Å². The Bertz CT molecular complexity index is 1180. The molecule has 2 aromatic rings. The first-order valence-electron chi connectivity index (χ1n) is 14.5. The molecule has 2 heterocycles. The number of non-ortho nitro benzene ring substituents is 1. The molecule has 2 bridgehead atoms. The Hall–Kier alpha value is -3.94. The van der Waals surface area contributed by atoms with Gasteiger partial charge in [-0.3, -0.25) is 44.2 Å². The summed E-state index contributed by atoms with van der Waals surface area (Å²) >= 11 is 0. The average Bonchev–Trinajstić information content (AvgIpc) is 2.97. The molecule has 13 nitrogen and oxygen atoms in total. The van der Waals surface area contributed by atoms with Gasteiger partial charge in [0.15, 0.2) is 0 Å². The quantitative estimate of drug-likeness (QED) is 0.153. The second kappa shape index (κ2) is 17.2. The topological polar surface area (TPSA) is 145 Å². The van der Waals surface area contributed by atoms with Crippen LogP contribution < -0.4 is 0 Å². The summed E-state index contributed by atoms with van der Waals surface area (Å²) in [6.07, 6.45) is 0.892. The molecule has 0 radical (unpaired) electrons. The van der Waals surface area contributed by atoms with Crippen LogP contribution >= 0.6 is 0 Å². The van der Waals surface area contributed by atoms with Crippen molar-refractivity contribution in [3.63, 3.8) is 0 Å². The number of rotatable bonds is 12. The number of aromatic nitrogens is 1. The number of fused-ring (bicyclic) bond motifs is 2. The fraction of sp³-hybridized carbons (Fsp3) is 0.533. The van der Waals surface area contributed by atoms with Crippen molar-refractivity contribution in [2.45, 2.75) is 45.8 Å². The van der Waals surface area contributed by atoms with Crippen LogP contribution in [0.25, 0.3) is 0 Å². The van der Waals surface area contributed by atoms with Gasteiger partial charge in [0, 0.05) is 51.4 Å². The molecule has 0 fully saturated rings. The predicted molar refractivity (Wildman–Crippen MR) is 157 cm³/mol. The van der Waals surface area contributed by atoms with Gasteiger partial charge in [0.2, 0.25) is 0 Å². The molecule has 43 heavy (non-hydrogen) atoms. The van der Waals surface area contributed by atoms with E-state index < -0.39 is 16.9 Å². The standard InChI is InChI=1S/C30H41N5O8/c1-4-42-28(36)21-32-15-17-34(27(30(38)41-3)14-11-23-9-12-26(13-10-23)35(39)40)18-16-33(22-29(37)43-5-2)20-25-8-6-7-24(19-32)31-25/h6-10,12-13,27H,4-5,11,14-22H2,1-3H3. The normalized spacial score (nSPS) is 15.9. The second-order valence-corrected chi connectivity index (χ2v) is 10.2. The van der Waals surface area contributed by atoms with Crippen molar-refractivity contribution in [1.82, 2.24) is 19.7 Å². The highest BCUT2D eigenvalue weighted by Crippen LogP contribution is 2.17. The van der Waals surface area contributed by atoms with Gasteiger partial charge in [0.25, 0.3) is 5.69 Å². The molecule has 0 aliphatic carbocycles. The lowest BCUT2D eigenvalue weighted by Crippen LogP contribution is -2.49. The Balaban J connectivity index is 1.89. The number of nitrogens with zero attached hydrogens (tertiary/aromatic N) is 5. The number of ether oxygens (including phenoxy) is 3. The summed E-state index contributed by atoms with van der Waals surface area (Å²) in [4.78, 5) is 59.3. The summed E-state index contributed by atoms with van der Waals surface area (Å²) in [5.41, 5.74) is 2.39. The van der Waals surface area contributed by atoms with Crippen molar-refractivity contribution in [2.24, 2.45) is 0 Å². The zero-order valence-corrected chi connectivity index (χ0v) is 25.1. The smallest absolute Gasteiger partial charge is 0.323 e. The molecule has 0 amide bonds. The van der Waals surface area contributed by atoms with Gasteiger partial charge in [0.1, 0.15) is 6.04 Å². The molecule has 0 spiro atoms. The molecule has 3 rings (SSSR count). The van der Waals surface area contributed by atoms with Gasteiger partial charge < -0.3 is 14.2 Å². The summed E-state index contributed by atoms with van der Waals surface area (Å²) in [5.74, 6) is -1.10. The van der Waals surface area contributed by atoms with Crippen LogP contribution in [0.3, 0.4) is 0 Å². The van der Waals surface area contributed by atoms with Crippen molar-refractivity contribution in [3.05, 3.63) is 69.5 Å². The number of aryl methyl sites for hydroxylation is 1. The maximum Gasteiger partial charge on any atom is 0.323 e. The third-order valence-electron chi connectivity index (χ3n) is 7.13. The highest BCUT2D eigenvalue weighted by molar-refractivity contribution is 5.75. The second-order valence-electron chi connectivity index (χ2n) is 10.2. The molecular weight excluding hydrogens is 558 g/mol. The van der Waals surface area contributed by atoms with E-state index in [1.807, 2.05) is 32.9 Å². The first-order valence-corrected chi connectivity index (χ1v) is 14.5. The third-order valence-corrected chi connectivity index (χ3v) is 7.13. The van der Waals surface area contributed by atoms with Crippen LogP contribution in [0.1, 0.15) is 37.2 Å². The lowest BCUT2D eigenvalue weighted by Gasteiger charge is -2.34. The molecule has 13 heteroatoms. The number of methoxy groups -OCH3 is 1. The minimum atomic E-state index is -0.632. The van der Waals surface area contributed by atoms with E-state index in [-0.39, 0.29) is 43.9 Å². The maximum absolute atomic E-state index is 13.1. The Morgan fingerprint density at radius 2 is 1.42 bits per heavy atom. The Labute approximate surface area is 251 Å². The minimum Gasteiger partial charge on any atom is -0.468 e. The largest absolute Gasteiger partial charge is 0.468 e. The molecule has 1 aliphatic heterocycles. The predicted octanol–water partition coefficient (Wildman–Crippen LogP) is 2.21. The molecule has 0 saturated carbocycles. The fourth-order valence-corrected chi connectivity index (χ4v) is 5.01. The van der Waals surface area contributed by atoms with Crippen molar-refractivity contribution in [2.75, 3.05) is 59.6 Å². The average molecular weight is 600 g/mol. The molecule has 1 aromatic heterocycles. The number of nitro benzene ring substituents is 1. The maximum atomic E-state index is 13.1. The van der Waals surface area contributed by atoms with Crippen LogP contribution in [0.2, 0.25) is 0 Å². The molecule has 1 atom stereocenters. The molecule has 234 valence electrons. The first-order chi connectivity index (χ1) is 20.7. The zero-order valence-electron chi connectivity index (χ0n) is 25.1. The number of carbonyl (C=O) groups excluding carboxylic acids is 3.